The van der Waals surface area contributed by atoms with E-state index in [2.05, 4.69) is 41.5 Å². The third kappa shape index (κ3) is 3.47. The van der Waals surface area contributed by atoms with Crippen LogP contribution in [0.2, 0.25) is 0 Å². The van der Waals surface area contributed by atoms with Gasteiger partial charge in [0.2, 0.25) is 0 Å². The Morgan fingerprint density at radius 3 is 2.33 bits per heavy atom. The highest BCUT2D eigenvalue weighted by Gasteiger charge is 2.70. The summed E-state index contributed by atoms with van der Waals surface area (Å²) < 4.78 is 18.5. The Bertz CT molecular complexity index is 1090. The van der Waals surface area contributed by atoms with E-state index in [9.17, 15) is 9.59 Å². The Morgan fingerprint density at radius 2 is 1.67 bits per heavy atom. The van der Waals surface area contributed by atoms with Gasteiger partial charge in [0.05, 0.1) is 0 Å². The number of carbonyl (C=O) groups is 2. The van der Waals surface area contributed by atoms with Crippen molar-refractivity contribution in [3.8, 4) is 11.5 Å². The van der Waals surface area contributed by atoms with Gasteiger partial charge >= 0.3 is 11.9 Å². The molecule has 0 radical (unpaired) electrons. The van der Waals surface area contributed by atoms with Crippen molar-refractivity contribution in [2.75, 3.05) is 0 Å². The van der Waals surface area contributed by atoms with E-state index < -0.39 is 0 Å². The van der Waals surface area contributed by atoms with Crippen LogP contribution in [0.25, 0.3) is 0 Å². The van der Waals surface area contributed by atoms with Crippen LogP contribution in [0.3, 0.4) is 0 Å². The molecule has 1 aromatic carbocycles. The maximum atomic E-state index is 11.9. The van der Waals surface area contributed by atoms with Crippen LogP contribution in [-0.2, 0) is 20.7 Å². The molecular formula is C31H44O5. The minimum Gasteiger partial charge on any atom is -0.486 e. The highest BCUT2D eigenvalue weighted by atomic mass is 16.5. The van der Waals surface area contributed by atoms with Gasteiger partial charge < -0.3 is 14.2 Å². The normalized spacial score (nSPS) is 40.4. The molecule has 1 spiro atoms. The lowest BCUT2D eigenvalue weighted by molar-refractivity contribution is -0.241. The van der Waals surface area contributed by atoms with Crippen LogP contribution in [0.4, 0.5) is 0 Å². The second-order valence-corrected chi connectivity index (χ2v) is 13.5. The van der Waals surface area contributed by atoms with E-state index in [0.29, 0.717) is 23.5 Å². The molecule has 5 nitrogen and oxygen atoms in total. The molecule has 198 valence electrons. The van der Waals surface area contributed by atoms with Crippen LogP contribution < -0.4 is 9.47 Å². The smallest absolute Gasteiger partial charge is 0.308 e. The number of hydrogen-bond acceptors (Lipinski definition) is 5. The van der Waals surface area contributed by atoms with Crippen LogP contribution >= 0.6 is 0 Å². The van der Waals surface area contributed by atoms with Crippen molar-refractivity contribution in [2.24, 2.45) is 34.0 Å². The van der Waals surface area contributed by atoms with E-state index in [0.717, 1.165) is 49.8 Å². The van der Waals surface area contributed by atoms with E-state index in [-0.39, 0.29) is 39.9 Å². The average molecular weight is 497 g/mol. The van der Waals surface area contributed by atoms with Gasteiger partial charge in [0.15, 0.2) is 0 Å². The molecule has 3 aliphatic carbocycles. The van der Waals surface area contributed by atoms with Gasteiger partial charge in [0.25, 0.3) is 0 Å². The van der Waals surface area contributed by atoms with E-state index >= 15 is 0 Å². The molecule has 5 heteroatoms. The number of aryl methyl sites for hydroxylation is 1. The van der Waals surface area contributed by atoms with E-state index in [1.807, 2.05) is 12.1 Å². The third-order valence-electron chi connectivity index (χ3n) is 11.3. The lowest BCUT2D eigenvalue weighted by atomic mass is 9.37. The monoisotopic (exact) mass is 496 g/mol. The van der Waals surface area contributed by atoms with Gasteiger partial charge in [-0.2, -0.15) is 0 Å². The van der Waals surface area contributed by atoms with Gasteiger partial charge in [-0.1, -0.05) is 34.6 Å². The number of carbonyl (C=O) groups excluding carboxylic acids is 2. The number of benzene rings is 1. The first-order valence-corrected chi connectivity index (χ1v) is 13.9. The van der Waals surface area contributed by atoms with Crippen molar-refractivity contribution in [1.82, 2.24) is 0 Å². The van der Waals surface area contributed by atoms with Crippen molar-refractivity contribution in [1.29, 1.82) is 0 Å². The molecule has 0 aromatic heterocycles. The summed E-state index contributed by atoms with van der Waals surface area (Å²) >= 11 is 0. The summed E-state index contributed by atoms with van der Waals surface area (Å²) in [5, 5.41) is 0. The summed E-state index contributed by atoms with van der Waals surface area (Å²) in [6, 6.07) is 3.96. The molecule has 0 amide bonds. The second-order valence-electron chi connectivity index (χ2n) is 13.5. The number of fused-ring (bicyclic) bond motifs is 5. The SMILES string of the molecule is CC(=O)Oc1cc(C)c2c(c1)CC1(O2)C(C)CCC2C3(C)CCC(OC(C)=O)C(C)(C)C3CCC21C. The fraction of sp³-hybridized carbons (Fsp3) is 0.742. The van der Waals surface area contributed by atoms with E-state index in [1.54, 1.807) is 0 Å². The van der Waals surface area contributed by atoms with Crippen molar-refractivity contribution < 1.29 is 23.8 Å². The van der Waals surface area contributed by atoms with Gasteiger partial charge in [0.1, 0.15) is 23.2 Å². The number of rotatable bonds is 2. The van der Waals surface area contributed by atoms with Crippen LogP contribution in [0.5, 0.6) is 11.5 Å². The van der Waals surface area contributed by atoms with Crippen molar-refractivity contribution in [2.45, 2.75) is 112 Å². The van der Waals surface area contributed by atoms with Crippen LogP contribution in [0.1, 0.15) is 98.1 Å². The Kier molecular flexibility index (Phi) is 5.85. The lowest BCUT2D eigenvalue weighted by Gasteiger charge is -2.69. The quantitative estimate of drug-likeness (QED) is 0.332. The number of ether oxygens (including phenoxy) is 3. The summed E-state index contributed by atoms with van der Waals surface area (Å²) in [6.07, 6.45) is 7.49. The summed E-state index contributed by atoms with van der Waals surface area (Å²) in [5.41, 5.74) is 2.12. The largest absolute Gasteiger partial charge is 0.486 e. The molecule has 3 saturated carbocycles. The van der Waals surface area contributed by atoms with Crippen molar-refractivity contribution in [3.63, 3.8) is 0 Å². The zero-order valence-corrected chi connectivity index (χ0v) is 23.5. The minimum absolute atomic E-state index is 0.0109. The molecule has 3 fully saturated rings. The predicted octanol–water partition coefficient (Wildman–Crippen LogP) is 6.81. The fourth-order valence-corrected chi connectivity index (χ4v) is 9.71. The predicted molar refractivity (Wildman–Crippen MR) is 139 cm³/mol. The summed E-state index contributed by atoms with van der Waals surface area (Å²) in [5.74, 6) is 2.64. The molecule has 7 unspecified atom stereocenters. The standard InChI is InChI=1S/C31H44O5/c1-18-15-23(34-20(3)32)16-22-17-31(36-27(18)22)19(2)9-10-25-29(7)13-12-26(35-21(4)33)28(5,6)24(29)11-14-30(25,31)8/h15-16,19,24-26H,9-14,17H2,1-8H3. The molecule has 4 aliphatic rings. The first-order chi connectivity index (χ1) is 16.7. The lowest BCUT2D eigenvalue weighted by Crippen LogP contribution is -2.68. The molecule has 1 aliphatic heterocycles. The molecule has 0 bridgehead atoms. The fourth-order valence-electron chi connectivity index (χ4n) is 9.71. The zero-order chi connectivity index (χ0) is 26.3. The van der Waals surface area contributed by atoms with Gasteiger partial charge in [-0.05, 0) is 86.3 Å². The highest BCUT2D eigenvalue weighted by molar-refractivity contribution is 5.70. The summed E-state index contributed by atoms with van der Waals surface area (Å²) in [6.45, 7) is 17.1. The molecule has 5 rings (SSSR count). The molecule has 1 heterocycles. The highest BCUT2D eigenvalue weighted by Crippen LogP contribution is 2.72. The van der Waals surface area contributed by atoms with Gasteiger partial charge in [-0.3, -0.25) is 9.59 Å². The van der Waals surface area contributed by atoms with Crippen LogP contribution in [0, 0.1) is 40.9 Å². The number of hydrogen-bond donors (Lipinski definition) is 0. The molecule has 7 atom stereocenters. The first-order valence-electron chi connectivity index (χ1n) is 13.9. The third-order valence-corrected chi connectivity index (χ3v) is 11.3. The van der Waals surface area contributed by atoms with Gasteiger partial charge in [-0.25, -0.2) is 0 Å². The Balaban J connectivity index is 1.52. The van der Waals surface area contributed by atoms with Gasteiger partial charge in [0, 0.05) is 36.7 Å². The minimum atomic E-state index is -0.292. The second kappa shape index (κ2) is 8.23. The molecule has 1 aromatic rings. The van der Waals surface area contributed by atoms with Gasteiger partial charge in [-0.15, -0.1) is 0 Å². The van der Waals surface area contributed by atoms with Crippen LogP contribution in [-0.4, -0.2) is 23.6 Å². The van der Waals surface area contributed by atoms with Crippen molar-refractivity contribution in [3.05, 3.63) is 23.3 Å². The van der Waals surface area contributed by atoms with Crippen molar-refractivity contribution >= 4 is 11.9 Å². The maximum absolute atomic E-state index is 11.9. The van der Waals surface area contributed by atoms with E-state index in [1.165, 1.54) is 25.8 Å². The number of esters is 2. The molecular weight excluding hydrogens is 452 g/mol. The van der Waals surface area contributed by atoms with Crippen LogP contribution in [0.15, 0.2) is 12.1 Å². The molecule has 0 N–H and O–H groups in total. The average Bonchev–Trinajstić information content (AvgIpc) is 3.15. The molecule has 36 heavy (non-hydrogen) atoms. The van der Waals surface area contributed by atoms with E-state index in [4.69, 9.17) is 14.2 Å². The maximum Gasteiger partial charge on any atom is 0.308 e. The summed E-state index contributed by atoms with van der Waals surface area (Å²) in [7, 11) is 0. The summed E-state index contributed by atoms with van der Waals surface area (Å²) in [4.78, 5) is 23.5. The Morgan fingerprint density at radius 1 is 0.944 bits per heavy atom. The zero-order valence-electron chi connectivity index (χ0n) is 23.5. The Hall–Kier alpha value is -2.04. The topological polar surface area (TPSA) is 61.8 Å². The Labute approximate surface area is 216 Å². The molecule has 0 saturated heterocycles. The first kappa shape index (κ1) is 25.6.